The fourth-order valence-electron chi connectivity index (χ4n) is 3.44. The Labute approximate surface area is 174 Å². The average Bonchev–Trinajstić information content (AvgIpc) is 2.52. The molecule has 0 radical (unpaired) electrons. The monoisotopic (exact) mass is 455 g/mol. The number of alkyl halides is 6. The third-order valence-electron chi connectivity index (χ3n) is 4.96. The van der Waals surface area contributed by atoms with E-state index in [1.807, 2.05) is 0 Å². The van der Waals surface area contributed by atoms with Crippen LogP contribution in [0.2, 0.25) is 0 Å². The van der Waals surface area contributed by atoms with Gasteiger partial charge in [0.05, 0.1) is 0 Å². The molecule has 6 nitrogen and oxygen atoms in total. The van der Waals surface area contributed by atoms with Crippen molar-refractivity contribution in [1.29, 1.82) is 0 Å². The van der Waals surface area contributed by atoms with Gasteiger partial charge in [0.1, 0.15) is 0 Å². The normalized spacial score (nSPS) is 26.2. The van der Waals surface area contributed by atoms with E-state index in [2.05, 4.69) is 0 Å². The van der Waals surface area contributed by atoms with Crippen LogP contribution in [0.4, 0.5) is 26.3 Å². The van der Waals surface area contributed by atoms with Crippen LogP contribution in [0.3, 0.4) is 0 Å². The first-order valence-corrected chi connectivity index (χ1v) is 10.5. The standard InChI is InChI=1S/C12H17F6NO5S2.Na/c13-10(14,12(17,18)26(22,23)24)11(15,16)25(20,21)19-6-5-8-3-1-2-4-9(8)7-19;/h8-9H,1-7H2,(H,22,23,24);/q;+1/p-1. The Morgan fingerprint density at radius 2 is 1.30 bits per heavy atom. The van der Waals surface area contributed by atoms with Gasteiger partial charge in [-0.1, -0.05) is 19.3 Å². The number of rotatable bonds is 5. The molecule has 0 spiro atoms. The molecule has 1 heterocycles. The predicted molar refractivity (Wildman–Crippen MR) is 75.1 cm³/mol. The quantitative estimate of drug-likeness (QED) is 0.307. The van der Waals surface area contributed by atoms with Crippen LogP contribution >= 0.6 is 0 Å². The maximum Gasteiger partial charge on any atom is 1.00 e. The summed E-state index contributed by atoms with van der Waals surface area (Å²) in [7, 11) is -13.6. The van der Waals surface area contributed by atoms with Crippen molar-refractivity contribution in [2.24, 2.45) is 11.8 Å². The van der Waals surface area contributed by atoms with Gasteiger partial charge in [-0.15, -0.1) is 0 Å². The number of piperidine rings is 1. The minimum atomic E-state index is -7.25. The van der Waals surface area contributed by atoms with Crippen molar-refractivity contribution in [3.05, 3.63) is 0 Å². The molecule has 1 aliphatic carbocycles. The molecule has 27 heavy (non-hydrogen) atoms. The van der Waals surface area contributed by atoms with E-state index in [-0.39, 0.29) is 52.1 Å². The fraction of sp³-hybridized carbons (Fsp3) is 1.00. The van der Waals surface area contributed by atoms with Crippen molar-refractivity contribution < 1.29 is 77.3 Å². The first-order chi connectivity index (χ1) is 11.6. The van der Waals surface area contributed by atoms with Gasteiger partial charge in [0.25, 0.3) is 10.0 Å². The molecule has 0 N–H and O–H groups in total. The molecule has 2 atom stereocenters. The first kappa shape index (κ1) is 25.4. The van der Waals surface area contributed by atoms with Crippen molar-refractivity contribution in [3.63, 3.8) is 0 Å². The molecule has 0 aromatic carbocycles. The Morgan fingerprint density at radius 1 is 0.815 bits per heavy atom. The molecule has 1 saturated heterocycles. The maximum atomic E-state index is 14.0. The summed E-state index contributed by atoms with van der Waals surface area (Å²) >= 11 is 0. The van der Waals surface area contributed by atoms with Crippen LogP contribution < -0.4 is 29.6 Å². The van der Waals surface area contributed by atoms with Gasteiger partial charge in [0.15, 0.2) is 10.1 Å². The molecule has 0 bridgehead atoms. The molecule has 0 amide bonds. The minimum Gasteiger partial charge on any atom is -0.743 e. The number of sulfonamides is 1. The molecule has 2 aliphatic rings. The van der Waals surface area contributed by atoms with Crippen LogP contribution in [-0.4, -0.2) is 55.2 Å². The second-order valence-electron chi connectivity index (χ2n) is 6.52. The third-order valence-corrected chi connectivity index (χ3v) is 7.76. The Balaban J connectivity index is 0.00000364. The average molecular weight is 455 g/mol. The summed E-state index contributed by atoms with van der Waals surface area (Å²) in [4.78, 5) is 0. The van der Waals surface area contributed by atoms with Gasteiger partial charge in [0, 0.05) is 13.1 Å². The summed E-state index contributed by atoms with van der Waals surface area (Å²) in [5.41, 5.74) is 0. The van der Waals surface area contributed by atoms with Crippen LogP contribution in [0.1, 0.15) is 32.1 Å². The van der Waals surface area contributed by atoms with Crippen LogP contribution in [0.25, 0.3) is 0 Å². The SMILES string of the molecule is O=S(=O)([O-])C(F)(F)C(F)(F)C(F)(F)S(=O)(=O)N1CCC2CCCCC2C1.[Na+]. The van der Waals surface area contributed by atoms with Gasteiger partial charge >= 0.3 is 46.0 Å². The largest absolute Gasteiger partial charge is 1.00 e. The Hall–Kier alpha value is 0.400. The summed E-state index contributed by atoms with van der Waals surface area (Å²) in [6, 6.07) is 0. The second-order valence-corrected chi connectivity index (χ2v) is 9.92. The zero-order valence-corrected chi connectivity index (χ0v) is 17.8. The van der Waals surface area contributed by atoms with E-state index in [9.17, 15) is 47.7 Å². The Bertz CT molecular complexity index is 760. The van der Waals surface area contributed by atoms with Crippen molar-refractivity contribution in [2.45, 2.75) is 48.5 Å². The summed E-state index contributed by atoms with van der Waals surface area (Å²) < 4.78 is 136. The molecule has 1 aliphatic heterocycles. The van der Waals surface area contributed by atoms with Gasteiger partial charge in [0.2, 0.25) is 0 Å². The number of fused-ring (bicyclic) bond motifs is 1. The molecule has 2 unspecified atom stereocenters. The van der Waals surface area contributed by atoms with E-state index in [1.165, 1.54) is 0 Å². The van der Waals surface area contributed by atoms with Crippen LogP contribution in [0.5, 0.6) is 0 Å². The first-order valence-electron chi connectivity index (χ1n) is 7.66. The number of nitrogens with zero attached hydrogens (tertiary/aromatic N) is 1. The minimum absolute atomic E-state index is 0. The smallest absolute Gasteiger partial charge is 0.743 e. The molecule has 0 aromatic heterocycles. The van der Waals surface area contributed by atoms with Gasteiger partial charge in [-0.25, -0.2) is 16.8 Å². The van der Waals surface area contributed by atoms with E-state index >= 15 is 0 Å². The summed E-state index contributed by atoms with van der Waals surface area (Å²) in [6.07, 6.45) is 2.84. The van der Waals surface area contributed by atoms with E-state index in [4.69, 9.17) is 0 Å². The molecule has 1 saturated carbocycles. The van der Waals surface area contributed by atoms with E-state index in [0.29, 0.717) is 12.8 Å². The zero-order valence-electron chi connectivity index (χ0n) is 14.2. The summed E-state index contributed by atoms with van der Waals surface area (Å²) in [5, 5.41) is -13.3. The molecule has 15 heteroatoms. The van der Waals surface area contributed by atoms with Crippen molar-refractivity contribution >= 4 is 20.1 Å². The molecule has 2 fully saturated rings. The van der Waals surface area contributed by atoms with E-state index in [1.54, 1.807) is 0 Å². The second kappa shape index (κ2) is 7.91. The predicted octanol–water partition coefficient (Wildman–Crippen LogP) is -0.802. The number of hydrogen-bond donors (Lipinski definition) is 0. The van der Waals surface area contributed by atoms with Crippen LogP contribution in [-0.2, 0) is 20.1 Å². The van der Waals surface area contributed by atoms with Gasteiger partial charge in [-0.3, -0.25) is 0 Å². The van der Waals surface area contributed by atoms with E-state index < -0.39 is 49.7 Å². The summed E-state index contributed by atoms with van der Waals surface area (Å²) in [5.74, 6) is -7.30. The van der Waals surface area contributed by atoms with Gasteiger partial charge in [-0.2, -0.15) is 30.6 Å². The van der Waals surface area contributed by atoms with Crippen LogP contribution in [0, 0.1) is 11.8 Å². The molecule has 0 aromatic rings. The van der Waals surface area contributed by atoms with Gasteiger partial charge < -0.3 is 4.55 Å². The topological polar surface area (TPSA) is 94.6 Å². The summed E-state index contributed by atoms with van der Waals surface area (Å²) in [6.45, 7) is -1.13. The Kier molecular flexibility index (Phi) is 7.45. The fourth-order valence-corrected chi connectivity index (χ4v) is 5.45. The third kappa shape index (κ3) is 4.04. The molecule has 2 rings (SSSR count). The Morgan fingerprint density at radius 3 is 1.78 bits per heavy atom. The van der Waals surface area contributed by atoms with Gasteiger partial charge in [-0.05, 0) is 24.7 Å². The maximum absolute atomic E-state index is 14.0. The molecular formula is C12H16F6NNaO5S2. The van der Waals surface area contributed by atoms with Crippen molar-refractivity contribution in [3.8, 4) is 0 Å². The van der Waals surface area contributed by atoms with Crippen molar-refractivity contribution in [2.75, 3.05) is 13.1 Å². The number of halogens is 6. The number of hydrogen-bond acceptors (Lipinski definition) is 5. The van der Waals surface area contributed by atoms with Crippen LogP contribution in [0.15, 0.2) is 0 Å². The van der Waals surface area contributed by atoms with E-state index in [0.717, 1.165) is 12.8 Å². The molecular weight excluding hydrogens is 439 g/mol. The molecule has 154 valence electrons. The zero-order chi connectivity index (χ0) is 20.2. The van der Waals surface area contributed by atoms with Crippen molar-refractivity contribution in [1.82, 2.24) is 4.31 Å².